The molecule has 3 aliphatic rings. The summed E-state index contributed by atoms with van der Waals surface area (Å²) in [5, 5.41) is 4.18. The van der Waals surface area contributed by atoms with Crippen molar-refractivity contribution in [1.29, 1.82) is 0 Å². The van der Waals surface area contributed by atoms with Crippen LogP contribution in [0.3, 0.4) is 0 Å². The number of ether oxygens (including phenoxy) is 2. The van der Waals surface area contributed by atoms with Gasteiger partial charge in [0.15, 0.2) is 5.13 Å². The Hall–Kier alpha value is -2.07. The summed E-state index contributed by atoms with van der Waals surface area (Å²) in [4.78, 5) is 57.0. The quantitative estimate of drug-likeness (QED) is 0.175. The van der Waals surface area contributed by atoms with Gasteiger partial charge in [0.2, 0.25) is 6.79 Å². The Morgan fingerprint density at radius 2 is 2.10 bits per heavy atom. The number of carbonyl (C=O) groups excluding carboxylic acids is 4. The molecule has 2 amide bonds. The molecule has 2 saturated heterocycles. The smallest absolute Gasteiger partial charge is 0.357 e. The summed E-state index contributed by atoms with van der Waals surface area (Å²) in [6.45, 7) is 4.43. The van der Waals surface area contributed by atoms with Crippen LogP contribution >= 0.6 is 46.5 Å². The van der Waals surface area contributed by atoms with Gasteiger partial charge in [0, 0.05) is 50.0 Å². The molecule has 0 saturated carbocycles. The molecule has 1 aromatic heterocycles. The van der Waals surface area contributed by atoms with Gasteiger partial charge in [-0.15, -0.1) is 23.1 Å². The molecule has 3 aliphatic heterocycles. The molecule has 0 spiro atoms. The van der Waals surface area contributed by atoms with E-state index in [0.29, 0.717) is 28.6 Å². The minimum absolute atomic E-state index is 0.0588. The van der Waals surface area contributed by atoms with Crippen LogP contribution in [-0.2, 0) is 39.5 Å². The van der Waals surface area contributed by atoms with Crippen LogP contribution in [0.15, 0.2) is 22.2 Å². The number of amides is 2. The van der Waals surface area contributed by atoms with E-state index in [9.17, 15) is 23.4 Å². The molecule has 40 heavy (non-hydrogen) atoms. The summed E-state index contributed by atoms with van der Waals surface area (Å²) >= 11 is 10.0. The zero-order chi connectivity index (χ0) is 29.2. The first-order chi connectivity index (χ1) is 18.9. The minimum Gasteiger partial charge on any atom is -0.427 e. The van der Waals surface area contributed by atoms with Crippen LogP contribution in [0.1, 0.15) is 32.9 Å². The number of aromatic nitrogens is 1. The Morgan fingerprint density at radius 3 is 2.70 bits per heavy atom. The molecular weight excluding hydrogens is 620 g/mol. The van der Waals surface area contributed by atoms with Crippen LogP contribution in [-0.4, -0.2) is 84.3 Å². The van der Waals surface area contributed by atoms with E-state index in [1.165, 1.54) is 16.7 Å². The third kappa shape index (κ3) is 6.86. The Kier molecular flexibility index (Phi) is 9.91. The molecule has 0 aromatic carbocycles. The van der Waals surface area contributed by atoms with Gasteiger partial charge in [-0.2, -0.15) is 11.8 Å². The number of fused-ring (bicyclic) bond motifs is 1. The van der Waals surface area contributed by atoms with Crippen molar-refractivity contribution in [2.45, 2.75) is 43.9 Å². The maximum atomic E-state index is 13.3. The number of halogens is 1. The molecule has 11 nitrogen and oxygen atoms in total. The average molecular weight is 649 g/mol. The van der Waals surface area contributed by atoms with E-state index in [-0.39, 0.29) is 27.3 Å². The summed E-state index contributed by atoms with van der Waals surface area (Å²) in [6.07, 6.45) is 0.820. The lowest BCUT2D eigenvalue weighted by Crippen LogP contribution is -2.70. The molecule has 0 aliphatic carbocycles. The number of thioether (sulfide) groups is 2. The predicted molar refractivity (Wildman–Crippen MR) is 158 cm³/mol. The second kappa shape index (κ2) is 12.8. The van der Waals surface area contributed by atoms with Crippen molar-refractivity contribution >= 4 is 91.7 Å². The first-order valence-electron chi connectivity index (χ1n) is 12.2. The second-order valence-electron chi connectivity index (χ2n) is 10.2. The number of hydrogen-bond acceptors (Lipinski definition) is 12. The number of carbonyl (C=O) groups is 4. The van der Waals surface area contributed by atoms with Gasteiger partial charge in [-0.3, -0.25) is 23.5 Å². The largest absolute Gasteiger partial charge is 0.427 e. The Morgan fingerprint density at radius 1 is 1.35 bits per heavy atom. The lowest BCUT2D eigenvalue weighted by atomic mass is 9.98. The summed E-state index contributed by atoms with van der Waals surface area (Å²) in [5.74, 6) is -0.319. The first-order valence-corrected chi connectivity index (χ1v) is 17.1. The third-order valence-corrected chi connectivity index (χ3v) is 11.5. The number of nitrogens with zero attached hydrogens (tertiary/aromatic N) is 2. The van der Waals surface area contributed by atoms with E-state index in [0.717, 1.165) is 23.3 Å². The fourth-order valence-electron chi connectivity index (χ4n) is 4.04. The summed E-state index contributed by atoms with van der Waals surface area (Å²) < 4.78 is 22.2. The number of nitrogens with one attached hydrogen (secondary N) is 1. The van der Waals surface area contributed by atoms with Gasteiger partial charge in [-0.25, -0.2) is 9.78 Å². The molecule has 3 N–H and O–H groups in total. The highest BCUT2D eigenvalue weighted by molar-refractivity contribution is 8.02. The van der Waals surface area contributed by atoms with Gasteiger partial charge in [0.25, 0.3) is 11.8 Å². The van der Waals surface area contributed by atoms with Gasteiger partial charge >= 0.3 is 11.9 Å². The fourth-order valence-corrected chi connectivity index (χ4v) is 9.54. The molecule has 4 heterocycles. The number of rotatable bonds is 9. The molecule has 2 fully saturated rings. The molecule has 0 bridgehead atoms. The highest BCUT2D eigenvalue weighted by Gasteiger charge is 2.54. The van der Waals surface area contributed by atoms with Gasteiger partial charge in [-0.1, -0.05) is 11.6 Å². The molecule has 4 atom stereocenters. The third-order valence-electron chi connectivity index (χ3n) is 6.20. The minimum atomic E-state index is -0.909. The lowest BCUT2D eigenvalue weighted by molar-refractivity contribution is -0.173. The van der Waals surface area contributed by atoms with Crippen molar-refractivity contribution in [2.75, 3.05) is 35.5 Å². The SMILES string of the molecule is CC(C)(C)C(=O)OCOC(=O)C1=C(CS[C@H]2CC[S@@](=O)C2)CS[C@H]2[C@H](NC(=O)/C(=C\Cl)c3csc(N)n3)C(=O)N12. The van der Waals surface area contributed by atoms with Gasteiger partial charge in [-0.05, 0) is 32.8 Å². The number of hydrogen-bond donors (Lipinski definition) is 2. The van der Waals surface area contributed by atoms with Gasteiger partial charge in [0.05, 0.1) is 16.7 Å². The van der Waals surface area contributed by atoms with Gasteiger partial charge < -0.3 is 20.5 Å². The molecule has 16 heteroatoms. The van der Waals surface area contributed by atoms with E-state index in [1.54, 1.807) is 37.9 Å². The standard InChI is InChI=1S/C24H29ClN4O7S4/c1-24(2,3)22(33)36-11-35-21(32)17-12(7-37-13-4-5-40(34)10-13)8-38-20-16(19(31)29(17)20)28-18(30)14(6-25)15-9-39-23(26)27-15/h6,9,13,16,20H,4-5,7-8,10-11H2,1-3H3,(H2,26,27)(H,28,30)/b14-6-/t13-,16+,20-,40+/m0/s1. The monoisotopic (exact) mass is 648 g/mol. The first kappa shape index (κ1) is 30.9. The van der Waals surface area contributed by atoms with E-state index in [1.807, 2.05) is 0 Å². The van der Waals surface area contributed by atoms with E-state index < -0.39 is 58.2 Å². The number of nitrogens with two attached hydrogens (primary N) is 1. The highest BCUT2D eigenvalue weighted by Crippen LogP contribution is 2.42. The molecule has 4 rings (SSSR count). The zero-order valence-corrected chi connectivity index (χ0v) is 26.0. The number of esters is 2. The van der Waals surface area contributed by atoms with Crippen LogP contribution in [0.2, 0.25) is 0 Å². The van der Waals surface area contributed by atoms with Crippen LogP contribution in [0.25, 0.3) is 5.57 Å². The summed E-state index contributed by atoms with van der Waals surface area (Å²) in [5.41, 5.74) is 7.08. The molecule has 0 unspecified atom stereocenters. The van der Waals surface area contributed by atoms with E-state index in [2.05, 4.69) is 10.3 Å². The van der Waals surface area contributed by atoms with E-state index >= 15 is 0 Å². The zero-order valence-electron chi connectivity index (χ0n) is 22.0. The molecule has 218 valence electrons. The average Bonchev–Trinajstić information content (AvgIpc) is 3.52. The van der Waals surface area contributed by atoms with Crippen LogP contribution < -0.4 is 11.1 Å². The van der Waals surface area contributed by atoms with Crippen molar-refractivity contribution in [3.63, 3.8) is 0 Å². The summed E-state index contributed by atoms with van der Waals surface area (Å²) in [6, 6.07) is -0.909. The van der Waals surface area contributed by atoms with Crippen molar-refractivity contribution in [1.82, 2.24) is 15.2 Å². The van der Waals surface area contributed by atoms with Crippen molar-refractivity contribution in [3.05, 3.63) is 27.9 Å². The Bertz CT molecular complexity index is 1290. The van der Waals surface area contributed by atoms with Crippen molar-refractivity contribution in [3.8, 4) is 0 Å². The van der Waals surface area contributed by atoms with Crippen molar-refractivity contribution < 1.29 is 32.9 Å². The van der Waals surface area contributed by atoms with E-state index in [4.69, 9.17) is 26.8 Å². The number of nitrogen functional groups attached to an aromatic ring is 1. The Balaban J connectivity index is 1.48. The lowest BCUT2D eigenvalue weighted by Gasteiger charge is -2.49. The number of anilines is 1. The molecule has 1 aromatic rings. The predicted octanol–water partition coefficient (Wildman–Crippen LogP) is 2.30. The normalized spacial score (nSPS) is 24.9. The fraction of sp³-hybridized carbons (Fsp3) is 0.542. The molecule has 0 radical (unpaired) electrons. The topological polar surface area (TPSA) is 158 Å². The van der Waals surface area contributed by atoms with Gasteiger partial charge in [0.1, 0.15) is 17.1 Å². The number of β-lactam (4-membered cyclic amide) rings is 1. The maximum Gasteiger partial charge on any atom is 0.357 e. The molecular formula is C24H29ClN4O7S4. The maximum absolute atomic E-state index is 13.3. The summed E-state index contributed by atoms with van der Waals surface area (Å²) in [7, 11) is -0.840. The van der Waals surface area contributed by atoms with Crippen LogP contribution in [0.4, 0.5) is 5.13 Å². The van der Waals surface area contributed by atoms with Crippen LogP contribution in [0, 0.1) is 5.41 Å². The Labute approximate surface area is 251 Å². The van der Waals surface area contributed by atoms with Crippen molar-refractivity contribution in [2.24, 2.45) is 5.41 Å². The highest BCUT2D eigenvalue weighted by atomic mass is 35.5. The van der Waals surface area contributed by atoms with Crippen LogP contribution in [0.5, 0.6) is 0 Å². The number of thiazole rings is 1. The second-order valence-corrected chi connectivity index (χ2v) is 15.3.